The summed E-state index contributed by atoms with van der Waals surface area (Å²) in [5, 5.41) is 0. The number of ether oxygens (including phenoxy) is 1. The van der Waals surface area contributed by atoms with E-state index in [9.17, 15) is 9.18 Å². The van der Waals surface area contributed by atoms with Crippen LogP contribution in [0.3, 0.4) is 0 Å². The highest BCUT2D eigenvalue weighted by molar-refractivity contribution is 5.75. The Balaban J connectivity index is 1.84. The molecule has 1 saturated heterocycles. The molecular weight excluding hydrogens is 245 g/mol. The fraction of sp³-hybridized carbons (Fsp3) is 0.533. The predicted octanol–water partition coefficient (Wildman–Crippen LogP) is 2.74. The van der Waals surface area contributed by atoms with Crippen molar-refractivity contribution >= 4 is 5.91 Å². The molecule has 0 radical (unpaired) electrons. The number of hydrogen-bond donors (Lipinski definition) is 0. The van der Waals surface area contributed by atoms with E-state index in [2.05, 4.69) is 0 Å². The van der Waals surface area contributed by atoms with Crippen LogP contribution < -0.4 is 0 Å². The van der Waals surface area contributed by atoms with E-state index >= 15 is 0 Å². The van der Waals surface area contributed by atoms with Crippen LogP contribution in [-0.2, 0) is 16.1 Å². The van der Waals surface area contributed by atoms with Crippen molar-refractivity contribution in [3.8, 4) is 0 Å². The number of benzene rings is 1. The SMILES string of the molecule is CCC(=O)N1CCCC(OCc2cccc(F)c2)C1. The highest BCUT2D eigenvalue weighted by Crippen LogP contribution is 2.16. The lowest BCUT2D eigenvalue weighted by Crippen LogP contribution is -2.42. The lowest BCUT2D eigenvalue weighted by atomic mass is 10.1. The monoisotopic (exact) mass is 265 g/mol. The Hall–Kier alpha value is -1.42. The van der Waals surface area contributed by atoms with E-state index in [4.69, 9.17) is 4.74 Å². The van der Waals surface area contributed by atoms with Gasteiger partial charge in [-0.05, 0) is 30.5 Å². The molecule has 0 N–H and O–H groups in total. The number of carbonyl (C=O) groups excluding carboxylic acids is 1. The zero-order valence-electron chi connectivity index (χ0n) is 11.3. The second-order valence-electron chi connectivity index (χ2n) is 4.90. The summed E-state index contributed by atoms with van der Waals surface area (Å²) in [4.78, 5) is 13.5. The van der Waals surface area contributed by atoms with Gasteiger partial charge in [0.1, 0.15) is 5.82 Å². The van der Waals surface area contributed by atoms with E-state index in [-0.39, 0.29) is 17.8 Å². The van der Waals surface area contributed by atoms with Crippen LogP contribution in [0.5, 0.6) is 0 Å². The van der Waals surface area contributed by atoms with Gasteiger partial charge in [0.15, 0.2) is 0 Å². The maximum atomic E-state index is 13.0. The molecule has 0 aliphatic carbocycles. The topological polar surface area (TPSA) is 29.5 Å². The van der Waals surface area contributed by atoms with Gasteiger partial charge < -0.3 is 9.64 Å². The van der Waals surface area contributed by atoms with Crippen molar-refractivity contribution in [3.05, 3.63) is 35.6 Å². The summed E-state index contributed by atoms with van der Waals surface area (Å²) in [6, 6.07) is 6.44. The molecule has 1 amide bonds. The van der Waals surface area contributed by atoms with Crippen LogP contribution in [0.1, 0.15) is 31.7 Å². The smallest absolute Gasteiger partial charge is 0.222 e. The summed E-state index contributed by atoms with van der Waals surface area (Å²) in [5.41, 5.74) is 0.832. The maximum absolute atomic E-state index is 13.0. The maximum Gasteiger partial charge on any atom is 0.222 e. The molecule has 1 aromatic carbocycles. The molecule has 1 atom stereocenters. The number of rotatable bonds is 4. The molecule has 0 aromatic heterocycles. The molecule has 19 heavy (non-hydrogen) atoms. The van der Waals surface area contributed by atoms with E-state index in [1.807, 2.05) is 17.9 Å². The summed E-state index contributed by atoms with van der Waals surface area (Å²) >= 11 is 0. The summed E-state index contributed by atoms with van der Waals surface area (Å²) in [6.07, 6.45) is 2.53. The van der Waals surface area contributed by atoms with Gasteiger partial charge in [0, 0.05) is 19.5 Å². The molecule has 1 heterocycles. The van der Waals surface area contributed by atoms with Gasteiger partial charge in [-0.3, -0.25) is 4.79 Å². The Morgan fingerprint density at radius 1 is 1.53 bits per heavy atom. The second-order valence-corrected chi connectivity index (χ2v) is 4.90. The van der Waals surface area contributed by atoms with Crippen LogP contribution in [0.25, 0.3) is 0 Å². The molecular formula is C15H20FNO2. The minimum absolute atomic E-state index is 0.0625. The number of carbonyl (C=O) groups is 1. The van der Waals surface area contributed by atoms with Gasteiger partial charge >= 0.3 is 0 Å². The molecule has 1 aliphatic rings. The van der Waals surface area contributed by atoms with Gasteiger partial charge in [-0.1, -0.05) is 19.1 Å². The van der Waals surface area contributed by atoms with E-state index in [1.165, 1.54) is 12.1 Å². The Morgan fingerprint density at radius 3 is 3.11 bits per heavy atom. The predicted molar refractivity (Wildman–Crippen MR) is 71.1 cm³/mol. The summed E-state index contributed by atoms with van der Waals surface area (Å²) < 4.78 is 18.8. The van der Waals surface area contributed by atoms with Gasteiger partial charge in [-0.15, -0.1) is 0 Å². The van der Waals surface area contributed by atoms with Crippen LogP contribution in [0.4, 0.5) is 4.39 Å². The largest absolute Gasteiger partial charge is 0.372 e. The Bertz CT molecular complexity index is 436. The van der Waals surface area contributed by atoms with E-state index < -0.39 is 0 Å². The third-order valence-electron chi connectivity index (χ3n) is 3.41. The second kappa shape index (κ2) is 6.66. The third-order valence-corrected chi connectivity index (χ3v) is 3.41. The lowest BCUT2D eigenvalue weighted by molar-refractivity contribution is -0.135. The van der Waals surface area contributed by atoms with E-state index in [0.29, 0.717) is 19.6 Å². The molecule has 2 rings (SSSR count). The van der Waals surface area contributed by atoms with Gasteiger partial charge in [0.05, 0.1) is 12.7 Å². The van der Waals surface area contributed by atoms with Crippen molar-refractivity contribution in [1.29, 1.82) is 0 Å². The molecule has 0 bridgehead atoms. The molecule has 1 unspecified atom stereocenters. The average Bonchev–Trinajstić information content (AvgIpc) is 2.45. The first-order chi connectivity index (χ1) is 9.19. The zero-order chi connectivity index (χ0) is 13.7. The number of nitrogens with zero attached hydrogens (tertiary/aromatic N) is 1. The Kier molecular flexibility index (Phi) is 4.91. The standard InChI is InChI=1S/C15H20FNO2/c1-2-15(18)17-8-4-7-14(10-17)19-11-12-5-3-6-13(16)9-12/h3,5-6,9,14H,2,4,7-8,10-11H2,1H3. The highest BCUT2D eigenvalue weighted by atomic mass is 19.1. The fourth-order valence-corrected chi connectivity index (χ4v) is 2.37. The van der Waals surface area contributed by atoms with Crippen LogP contribution in [0.15, 0.2) is 24.3 Å². The zero-order valence-corrected chi connectivity index (χ0v) is 11.3. The first-order valence-electron chi connectivity index (χ1n) is 6.83. The third kappa shape index (κ3) is 4.03. The fourth-order valence-electron chi connectivity index (χ4n) is 2.37. The average molecular weight is 265 g/mol. The van der Waals surface area contributed by atoms with Crippen molar-refractivity contribution in [2.75, 3.05) is 13.1 Å². The van der Waals surface area contributed by atoms with Gasteiger partial charge in [-0.25, -0.2) is 4.39 Å². The summed E-state index contributed by atoms with van der Waals surface area (Å²) in [6.45, 7) is 3.75. The first kappa shape index (κ1) is 14.0. The van der Waals surface area contributed by atoms with Crippen LogP contribution >= 0.6 is 0 Å². The number of hydrogen-bond acceptors (Lipinski definition) is 2. The molecule has 4 heteroatoms. The van der Waals surface area contributed by atoms with Gasteiger partial charge in [0.25, 0.3) is 0 Å². The molecule has 1 aromatic rings. The van der Waals surface area contributed by atoms with Crippen LogP contribution in [-0.4, -0.2) is 30.0 Å². The molecule has 0 saturated carbocycles. The van der Waals surface area contributed by atoms with Crippen LogP contribution in [0, 0.1) is 5.82 Å². The molecule has 1 aliphatic heterocycles. The first-order valence-corrected chi connectivity index (χ1v) is 6.83. The van der Waals surface area contributed by atoms with Crippen molar-refractivity contribution in [2.24, 2.45) is 0 Å². The quantitative estimate of drug-likeness (QED) is 0.837. The van der Waals surface area contributed by atoms with Crippen LogP contribution in [0.2, 0.25) is 0 Å². The molecule has 104 valence electrons. The highest BCUT2D eigenvalue weighted by Gasteiger charge is 2.23. The Morgan fingerprint density at radius 2 is 2.37 bits per heavy atom. The van der Waals surface area contributed by atoms with Gasteiger partial charge in [0.2, 0.25) is 5.91 Å². The molecule has 0 spiro atoms. The number of likely N-dealkylation sites (tertiary alicyclic amines) is 1. The Labute approximate surface area is 113 Å². The van der Waals surface area contributed by atoms with Gasteiger partial charge in [-0.2, -0.15) is 0 Å². The lowest BCUT2D eigenvalue weighted by Gasteiger charge is -2.32. The van der Waals surface area contributed by atoms with Crippen molar-refractivity contribution < 1.29 is 13.9 Å². The van der Waals surface area contributed by atoms with Crippen molar-refractivity contribution in [3.63, 3.8) is 0 Å². The molecule has 1 fully saturated rings. The van der Waals surface area contributed by atoms with E-state index in [1.54, 1.807) is 6.07 Å². The number of piperidine rings is 1. The number of halogens is 1. The number of amides is 1. The minimum Gasteiger partial charge on any atom is -0.372 e. The summed E-state index contributed by atoms with van der Waals surface area (Å²) in [7, 11) is 0. The van der Waals surface area contributed by atoms with E-state index in [0.717, 1.165) is 24.9 Å². The normalized spacial score (nSPS) is 19.5. The van der Waals surface area contributed by atoms with Crippen molar-refractivity contribution in [1.82, 2.24) is 4.90 Å². The molecule has 3 nitrogen and oxygen atoms in total. The summed E-state index contributed by atoms with van der Waals surface area (Å²) in [5.74, 6) is -0.0633. The van der Waals surface area contributed by atoms with Crippen molar-refractivity contribution in [2.45, 2.75) is 38.9 Å². The minimum atomic E-state index is -0.243.